The molecular weight excluding hydrogens is 200 g/mol. The van der Waals surface area contributed by atoms with Crippen LogP contribution >= 0.6 is 0 Å². The highest BCUT2D eigenvalue weighted by Crippen LogP contribution is 2.19. The van der Waals surface area contributed by atoms with Gasteiger partial charge in [0, 0.05) is 0 Å². The summed E-state index contributed by atoms with van der Waals surface area (Å²) < 4.78 is 5.07. The lowest BCUT2D eigenvalue weighted by molar-refractivity contribution is 0.0525. The van der Waals surface area contributed by atoms with Crippen molar-refractivity contribution in [2.24, 2.45) is 5.92 Å². The predicted octanol–water partition coefficient (Wildman–Crippen LogP) is 3.37. The molecule has 0 aromatic heterocycles. The first-order chi connectivity index (χ1) is 7.56. The summed E-state index contributed by atoms with van der Waals surface area (Å²) in [6.45, 7) is 8.60. The lowest BCUT2D eigenvalue weighted by atomic mass is 9.94. The van der Waals surface area contributed by atoms with Crippen LogP contribution in [-0.4, -0.2) is 12.6 Å². The van der Waals surface area contributed by atoms with Crippen molar-refractivity contribution in [1.29, 1.82) is 0 Å². The van der Waals surface area contributed by atoms with Gasteiger partial charge in [0.25, 0.3) is 0 Å². The highest BCUT2D eigenvalue weighted by Gasteiger charge is 2.14. The van der Waals surface area contributed by atoms with Gasteiger partial charge in [-0.05, 0) is 43.4 Å². The molecule has 2 heteroatoms. The fraction of sp³-hybridized carbons (Fsp3) is 0.500. The van der Waals surface area contributed by atoms with E-state index in [-0.39, 0.29) is 5.97 Å². The van der Waals surface area contributed by atoms with Gasteiger partial charge in [0.2, 0.25) is 0 Å². The van der Waals surface area contributed by atoms with Gasteiger partial charge >= 0.3 is 5.97 Å². The number of benzene rings is 1. The summed E-state index contributed by atoms with van der Waals surface area (Å²) in [5.41, 5.74) is 3.01. The first-order valence-electron chi connectivity index (χ1n) is 5.81. The fourth-order valence-corrected chi connectivity index (χ4v) is 1.78. The molecule has 16 heavy (non-hydrogen) atoms. The number of esters is 1. The van der Waals surface area contributed by atoms with Crippen molar-refractivity contribution in [3.8, 4) is 0 Å². The summed E-state index contributed by atoms with van der Waals surface area (Å²) in [5, 5.41) is 0. The van der Waals surface area contributed by atoms with Crippen molar-refractivity contribution < 1.29 is 9.53 Å². The standard InChI is InChI=1S/C14H20O2/c1-5-16-14(15)12-8-6-7-11(4)13(12)9-10(2)3/h6-8,10H,5,9H2,1-4H3. The molecule has 0 radical (unpaired) electrons. The van der Waals surface area contributed by atoms with Gasteiger partial charge < -0.3 is 4.74 Å². The third kappa shape index (κ3) is 3.09. The van der Waals surface area contributed by atoms with Gasteiger partial charge in [0.1, 0.15) is 0 Å². The fourth-order valence-electron chi connectivity index (χ4n) is 1.78. The van der Waals surface area contributed by atoms with E-state index in [1.54, 1.807) is 0 Å². The topological polar surface area (TPSA) is 26.3 Å². The Hall–Kier alpha value is -1.31. The summed E-state index contributed by atoms with van der Waals surface area (Å²) in [6, 6.07) is 5.80. The Morgan fingerprint density at radius 3 is 2.62 bits per heavy atom. The molecular formula is C14H20O2. The number of hydrogen-bond acceptors (Lipinski definition) is 2. The molecule has 0 saturated carbocycles. The third-order valence-electron chi connectivity index (χ3n) is 2.52. The minimum absolute atomic E-state index is 0.207. The lowest BCUT2D eigenvalue weighted by Crippen LogP contribution is -2.11. The normalized spacial score (nSPS) is 10.6. The van der Waals surface area contributed by atoms with Crippen LogP contribution in [0, 0.1) is 12.8 Å². The van der Waals surface area contributed by atoms with Gasteiger partial charge in [-0.2, -0.15) is 0 Å². The summed E-state index contributed by atoms with van der Waals surface area (Å²) in [6.07, 6.45) is 0.917. The first kappa shape index (κ1) is 12.8. The van der Waals surface area contributed by atoms with E-state index in [1.165, 1.54) is 5.56 Å². The van der Waals surface area contributed by atoms with Crippen molar-refractivity contribution in [3.63, 3.8) is 0 Å². The van der Waals surface area contributed by atoms with Gasteiger partial charge in [-0.25, -0.2) is 4.79 Å². The van der Waals surface area contributed by atoms with E-state index in [0.29, 0.717) is 12.5 Å². The third-order valence-corrected chi connectivity index (χ3v) is 2.52. The van der Waals surface area contributed by atoms with Crippen LogP contribution in [0.1, 0.15) is 42.3 Å². The van der Waals surface area contributed by atoms with E-state index in [9.17, 15) is 4.79 Å². The van der Waals surface area contributed by atoms with Gasteiger partial charge in [0.15, 0.2) is 0 Å². The zero-order valence-electron chi connectivity index (χ0n) is 10.5. The first-order valence-corrected chi connectivity index (χ1v) is 5.81. The molecule has 0 aliphatic carbocycles. The Morgan fingerprint density at radius 2 is 2.06 bits per heavy atom. The van der Waals surface area contributed by atoms with Crippen molar-refractivity contribution in [2.75, 3.05) is 6.61 Å². The van der Waals surface area contributed by atoms with E-state index in [0.717, 1.165) is 17.5 Å². The molecule has 0 fully saturated rings. The molecule has 0 heterocycles. The Morgan fingerprint density at radius 1 is 1.38 bits per heavy atom. The smallest absolute Gasteiger partial charge is 0.338 e. The van der Waals surface area contributed by atoms with E-state index in [1.807, 2.05) is 32.0 Å². The van der Waals surface area contributed by atoms with Crippen LogP contribution in [0.5, 0.6) is 0 Å². The number of hydrogen-bond donors (Lipinski definition) is 0. The molecule has 0 atom stereocenters. The number of aryl methyl sites for hydroxylation is 1. The van der Waals surface area contributed by atoms with Crippen LogP contribution in [0.4, 0.5) is 0 Å². The number of ether oxygens (including phenoxy) is 1. The summed E-state index contributed by atoms with van der Waals surface area (Å²) in [5.74, 6) is 0.330. The van der Waals surface area contributed by atoms with E-state index >= 15 is 0 Å². The molecule has 1 aromatic rings. The summed E-state index contributed by atoms with van der Waals surface area (Å²) in [7, 11) is 0. The Labute approximate surface area is 97.6 Å². The van der Waals surface area contributed by atoms with Gasteiger partial charge in [-0.1, -0.05) is 26.0 Å². The second-order valence-corrected chi connectivity index (χ2v) is 4.42. The van der Waals surface area contributed by atoms with Gasteiger partial charge in [-0.15, -0.1) is 0 Å². The largest absolute Gasteiger partial charge is 0.462 e. The number of rotatable bonds is 4. The molecule has 88 valence electrons. The molecule has 0 N–H and O–H groups in total. The highest BCUT2D eigenvalue weighted by atomic mass is 16.5. The molecule has 0 spiro atoms. The maximum Gasteiger partial charge on any atom is 0.338 e. The summed E-state index contributed by atoms with van der Waals surface area (Å²) in [4.78, 5) is 11.8. The highest BCUT2D eigenvalue weighted by molar-refractivity contribution is 5.91. The Bertz CT molecular complexity index is 367. The minimum atomic E-state index is -0.207. The molecule has 2 nitrogen and oxygen atoms in total. The molecule has 0 bridgehead atoms. The van der Waals surface area contributed by atoms with Crippen LogP contribution < -0.4 is 0 Å². The average molecular weight is 220 g/mol. The predicted molar refractivity (Wildman–Crippen MR) is 65.7 cm³/mol. The molecule has 0 unspecified atom stereocenters. The molecule has 0 saturated heterocycles. The van der Waals surface area contributed by atoms with Gasteiger partial charge in [-0.3, -0.25) is 0 Å². The maximum atomic E-state index is 11.8. The zero-order chi connectivity index (χ0) is 12.1. The molecule has 0 aliphatic rings. The molecule has 1 rings (SSSR count). The van der Waals surface area contributed by atoms with Crippen LogP contribution in [0.25, 0.3) is 0 Å². The monoisotopic (exact) mass is 220 g/mol. The lowest BCUT2D eigenvalue weighted by Gasteiger charge is -2.13. The van der Waals surface area contributed by atoms with Crippen LogP contribution in [0.15, 0.2) is 18.2 Å². The van der Waals surface area contributed by atoms with Crippen LogP contribution in [-0.2, 0) is 11.2 Å². The zero-order valence-corrected chi connectivity index (χ0v) is 10.5. The maximum absolute atomic E-state index is 11.8. The number of carbonyl (C=O) groups excluding carboxylic acids is 1. The minimum Gasteiger partial charge on any atom is -0.462 e. The van der Waals surface area contributed by atoms with E-state index in [2.05, 4.69) is 13.8 Å². The second kappa shape index (κ2) is 5.69. The Kier molecular flexibility index (Phi) is 4.53. The van der Waals surface area contributed by atoms with Crippen molar-refractivity contribution in [3.05, 3.63) is 34.9 Å². The summed E-state index contributed by atoms with van der Waals surface area (Å²) >= 11 is 0. The average Bonchev–Trinajstić information content (AvgIpc) is 2.20. The van der Waals surface area contributed by atoms with E-state index in [4.69, 9.17) is 4.74 Å². The molecule has 0 amide bonds. The van der Waals surface area contributed by atoms with Crippen molar-refractivity contribution >= 4 is 5.97 Å². The van der Waals surface area contributed by atoms with Crippen molar-refractivity contribution in [2.45, 2.75) is 34.1 Å². The van der Waals surface area contributed by atoms with Crippen LogP contribution in [0.3, 0.4) is 0 Å². The molecule has 0 aliphatic heterocycles. The van der Waals surface area contributed by atoms with Gasteiger partial charge in [0.05, 0.1) is 12.2 Å². The Balaban J connectivity index is 3.07. The molecule has 1 aromatic carbocycles. The SMILES string of the molecule is CCOC(=O)c1cccc(C)c1CC(C)C. The van der Waals surface area contributed by atoms with E-state index < -0.39 is 0 Å². The van der Waals surface area contributed by atoms with Crippen LogP contribution in [0.2, 0.25) is 0 Å². The second-order valence-electron chi connectivity index (χ2n) is 4.42. The van der Waals surface area contributed by atoms with Crippen molar-refractivity contribution in [1.82, 2.24) is 0 Å². The quantitative estimate of drug-likeness (QED) is 0.727. The number of carbonyl (C=O) groups is 1.